The molecule has 16 heavy (non-hydrogen) atoms. The molecule has 2 N–H and O–H groups in total. The third-order valence-electron chi connectivity index (χ3n) is 4.14. The summed E-state index contributed by atoms with van der Waals surface area (Å²) < 4.78 is 5.93. The van der Waals surface area contributed by atoms with E-state index in [1.165, 1.54) is 6.42 Å². The summed E-state index contributed by atoms with van der Waals surface area (Å²) in [5.41, 5.74) is -0.299. The van der Waals surface area contributed by atoms with E-state index in [9.17, 15) is 5.11 Å². The lowest BCUT2D eigenvalue weighted by Gasteiger charge is -2.35. The van der Waals surface area contributed by atoms with Gasteiger partial charge in [-0.15, -0.1) is 0 Å². The molecule has 96 valence electrons. The molecule has 1 saturated carbocycles. The van der Waals surface area contributed by atoms with Crippen LogP contribution in [0.2, 0.25) is 0 Å². The summed E-state index contributed by atoms with van der Waals surface area (Å²) in [6, 6.07) is 0. The van der Waals surface area contributed by atoms with Crippen LogP contribution in [0.15, 0.2) is 0 Å². The predicted molar refractivity (Wildman–Crippen MR) is 66.5 cm³/mol. The summed E-state index contributed by atoms with van der Waals surface area (Å²) >= 11 is 0. The first kappa shape index (κ1) is 13.9. The van der Waals surface area contributed by atoms with Crippen LogP contribution in [0, 0.1) is 11.8 Å². The van der Waals surface area contributed by atoms with Crippen molar-refractivity contribution in [3.05, 3.63) is 0 Å². The minimum absolute atomic E-state index is 0.113. The van der Waals surface area contributed by atoms with Crippen LogP contribution in [-0.4, -0.2) is 37.0 Å². The average molecular weight is 229 g/mol. The second-order valence-corrected chi connectivity index (χ2v) is 5.67. The number of aliphatic hydroxyl groups excluding tert-OH is 1. The van der Waals surface area contributed by atoms with Crippen molar-refractivity contribution in [2.75, 3.05) is 20.3 Å². The second kappa shape index (κ2) is 5.99. The molecule has 0 heterocycles. The van der Waals surface area contributed by atoms with Crippen molar-refractivity contribution < 1.29 is 9.84 Å². The summed E-state index contributed by atoms with van der Waals surface area (Å²) in [4.78, 5) is 0. The lowest BCUT2D eigenvalue weighted by molar-refractivity contribution is -0.0333. The number of hydrogen-bond donors (Lipinski definition) is 2. The van der Waals surface area contributed by atoms with Gasteiger partial charge in [-0.05, 0) is 45.1 Å². The standard InChI is InChI=1S/C13H27NO2/c1-10-5-6-12(7-11(10)2)16-9-13(3,8-15)14-4/h10-12,14-15H,5-9H2,1-4H3. The van der Waals surface area contributed by atoms with E-state index >= 15 is 0 Å². The molecule has 3 nitrogen and oxygen atoms in total. The number of nitrogens with one attached hydrogen (secondary N) is 1. The van der Waals surface area contributed by atoms with Crippen LogP contribution in [-0.2, 0) is 4.74 Å². The molecule has 0 bridgehead atoms. The van der Waals surface area contributed by atoms with E-state index in [1.807, 2.05) is 14.0 Å². The van der Waals surface area contributed by atoms with Crippen molar-refractivity contribution in [2.24, 2.45) is 11.8 Å². The maximum atomic E-state index is 9.27. The zero-order valence-electron chi connectivity index (χ0n) is 11.1. The fraction of sp³-hybridized carbons (Fsp3) is 1.00. The Morgan fingerprint density at radius 1 is 1.31 bits per heavy atom. The molecule has 4 unspecified atom stereocenters. The van der Waals surface area contributed by atoms with Gasteiger partial charge in [-0.2, -0.15) is 0 Å². The van der Waals surface area contributed by atoms with Crippen LogP contribution in [0.25, 0.3) is 0 Å². The number of hydrogen-bond acceptors (Lipinski definition) is 3. The van der Waals surface area contributed by atoms with Crippen molar-refractivity contribution >= 4 is 0 Å². The van der Waals surface area contributed by atoms with E-state index in [4.69, 9.17) is 4.74 Å². The Kier molecular flexibility index (Phi) is 5.22. The Morgan fingerprint density at radius 3 is 2.50 bits per heavy atom. The van der Waals surface area contributed by atoms with E-state index < -0.39 is 0 Å². The molecule has 1 aliphatic carbocycles. The van der Waals surface area contributed by atoms with E-state index in [2.05, 4.69) is 19.2 Å². The van der Waals surface area contributed by atoms with Gasteiger partial charge in [0.05, 0.1) is 24.9 Å². The Morgan fingerprint density at radius 2 is 2.00 bits per heavy atom. The monoisotopic (exact) mass is 229 g/mol. The van der Waals surface area contributed by atoms with Crippen molar-refractivity contribution in [3.63, 3.8) is 0 Å². The number of aliphatic hydroxyl groups is 1. The van der Waals surface area contributed by atoms with E-state index in [0.717, 1.165) is 24.7 Å². The summed E-state index contributed by atoms with van der Waals surface area (Å²) in [6.45, 7) is 7.33. The molecule has 0 aromatic heterocycles. The molecule has 0 aromatic carbocycles. The molecule has 1 aliphatic rings. The Hall–Kier alpha value is -0.120. The summed E-state index contributed by atoms with van der Waals surface area (Å²) in [5.74, 6) is 1.59. The average Bonchev–Trinajstić information content (AvgIpc) is 2.30. The van der Waals surface area contributed by atoms with E-state index in [0.29, 0.717) is 12.7 Å². The van der Waals surface area contributed by atoms with Crippen molar-refractivity contribution in [2.45, 2.75) is 51.7 Å². The van der Waals surface area contributed by atoms with E-state index in [-0.39, 0.29) is 12.1 Å². The molecule has 3 heteroatoms. The molecule has 0 spiro atoms. The fourth-order valence-electron chi connectivity index (χ4n) is 2.15. The summed E-state index contributed by atoms with van der Waals surface area (Å²) in [5, 5.41) is 12.4. The summed E-state index contributed by atoms with van der Waals surface area (Å²) in [6.07, 6.45) is 3.97. The Labute approximate surface area is 99.6 Å². The third kappa shape index (κ3) is 3.72. The van der Waals surface area contributed by atoms with Gasteiger partial charge in [0.2, 0.25) is 0 Å². The normalized spacial score (nSPS) is 34.7. The first-order chi connectivity index (χ1) is 7.50. The minimum Gasteiger partial charge on any atom is -0.394 e. The topological polar surface area (TPSA) is 41.5 Å². The molecule has 1 fully saturated rings. The molecule has 0 saturated heterocycles. The second-order valence-electron chi connectivity index (χ2n) is 5.67. The lowest BCUT2D eigenvalue weighted by atomic mass is 9.80. The van der Waals surface area contributed by atoms with Gasteiger partial charge in [-0.3, -0.25) is 0 Å². The maximum Gasteiger partial charge on any atom is 0.0671 e. The molecule has 4 atom stereocenters. The van der Waals surface area contributed by atoms with Crippen molar-refractivity contribution in [1.82, 2.24) is 5.32 Å². The SMILES string of the molecule is CNC(C)(CO)COC1CCC(C)C(C)C1. The highest BCUT2D eigenvalue weighted by molar-refractivity contribution is 4.82. The molecular weight excluding hydrogens is 202 g/mol. The fourth-order valence-corrected chi connectivity index (χ4v) is 2.15. The molecule has 0 radical (unpaired) electrons. The van der Waals surface area contributed by atoms with Crippen molar-refractivity contribution in [3.8, 4) is 0 Å². The van der Waals surface area contributed by atoms with Crippen LogP contribution in [0.3, 0.4) is 0 Å². The minimum atomic E-state index is -0.299. The van der Waals surface area contributed by atoms with Gasteiger partial charge in [0.25, 0.3) is 0 Å². The Bertz CT molecular complexity index is 204. The quantitative estimate of drug-likeness (QED) is 0.755. The van der Waals surface area contributed by atoms with Gasteiger partial charge < -0.3 is 15.2 Å². The third-order valence-corrected chi connectivity index (χ3v) is 4.14. The highest BCUT2D eigenvalue weighted by atomic mass is 16.5. The number of rotatable bonds is 5. The van der Waals surface area contributed by atoms with Gasteiger partial charge in [-0.25, -0.2) is 0 Å². The van der Waals surface area contributed by atoms with Gasteiger partial charge in [0.1, 0.15) is 0 Å². The number of ether oxygens (including phenoxy) is 1. The predicted octanol–water partition coefficient (Wildman–Crippen LogP) is 1.80. The van der Waals surface area contributed by atoms with Crippen LogP contribution >= 0.6 is 0 Å². The summed E-state index contributed by atoms with van der Waals surface area (Å²) in [7, 11) is 1.87. The zero-order chi connectivity index (χ0) is 12.2. The smallest absolute Gasteiger partial charge is 0.0671 e. The largest absolute Gasteiger partial charge is 0.394 e. The van der Waals surface area contributed by atoms with Crippen LogP contribution < -0.4 is 5.32 Å². The zero-order valence-corrected chi connectivity index (χ0v) is 11.1. The van der Waals surface area contributed by atoms with Crippen LogP contribution in [0.4, 0.5) is 0 Å². The van der Waals surface area contributed by atoms with Gasteiger partial charge >= 0.3 is 0 Å². The van der Waals surface area contributed by atoms with Crippen molar-refractivity contribution in [1.29, 1.82) is 0 Å². The maximum absolute atomic E-state index is 9.27. The van der Waals surface area contributed by atoms with Crippen LogP contribution in [0.1, 0.15) is 40.0 Å². The highest BCUT2D eigenvalue weighted by Crippen LogP contribution is 2.31. The molecule has 0 aliphatic heterocycles. The van der Waals surface area contributed by atoms with E-state index in [1.54, 1.807) is 0 Å². The molecule has 0 amide bonds. The highest BCUT2D eigenvalue weighted by Gasteiger charge is 2.28. The van der Waals surface area contributed by atoms with Gasteiger partial charge in [0, 0.05) is 0 Å². The van der Waals surface area contributed by atoms with Crippen LogP contribution in [0.5, 0.6) is 0 Å². The Balaban J connectivity index is 2.33. The molecule has 1 rings (SSSR count). The molecular formula is C13H27NO2. The first-order valence-corrected chi connectivity index (χ1v) is 6.42. The lowest BCUT2D eigenvalue weighted by Crippen LogP contribution is -2.48. The first-order valence-electron chi connectivity index (χ1n) is 6.42. The number of likely N-dealkylation sites (N-methyl/N-ethyl adjacent to an activating group) is 1. The van der Waals surface area contributed by atoms with Gasteiger partial charge in [0.15, 0.2) is 0 Å². The van der Waals surface area contributed by atoms with Gasteiger partial charge in [-0.1, -0.05) is 13.8 Å². The molecule has 0 aromatic rings.